The summed E-state index contributed by atoms with van der Waals surface area (Å²) in [6.07, 6.45) is 7.03. The molecule has 3 rings (SSSR count). The average molecular weight is 404 g/mol. The van der Waals surface area contributed by atoms with Crippen molar-refractivity contribution in [1.29, 1.82) is 0 Å². The minimum Gasteiger partial charge on any atom is -0.494 e. The Labute approximate surface area is 180 Å². The van der Waals surface area contributed by atoms with Crippen LogP contribution in [0.5, 0.6) is 5.75 Å². The van der Waals surface area contributed by atoms with E-state index >= 15 is 0 Å². The maximum atomic E-state index is 12.9. The first-order valence-corrected chi connectivity index (χ1v) is 11.1. The summed E-state index contributed by atoms with van der Waals surface area (Å²) >= 11 is 0. The summed E-state index contributed by atoms with van der Waals surface area (Å²) in [5, 5.41) is 0. The number of nitrogens with zero attached hydrogens (tertiary/aromatic N) is 1. The van der Waals surface area contributed by atoms with E-state index in [9.17, 15) is 4.79 Å². The van der Waals surface area contributed by atoms with Gasteiger partial charge in [0.15, 0.2) is 5.78 Å². The van der Waals surface area contributed by atoms with Crippen molar-refractivity contribution in [2.24, 2.45) is 22.7 Å². The predicted octanol–water partition coefficient (Wildman–Crippen LogP) is 6.88. The maximum absolute atomic E-state index is 12.9. The summed E-state index contributed by atoms with van der Waals surface area (Å²) in [4.78, 5) is 17.5. The number of rotatable bonds is 7. The Bertz CT molecular complexity index is 891. The van der Waals surface area contributed by atoms with Crippen LogP contribution >= 0.6 is 0 Å². The van der Waals surface area contributed by atoms with Gasteiger partial charge in [-0.3, -0.25) is 9.79 Å². The van der Waals surface area contributed by atoms with Crippen molar-refractivity contribution >= 4 is 23.8 Å². The molecule has 3 heteroatoms. The lowest BCUT2D eigenvalue weighted by Gasteiger charge is -2.30. The van der Waals surface area contributed by atoms with E-state index in [0.717, 1.165) is 54.0 Å². The van der Waals surface area contributed by atoms with E-state index in [2.05, 4.69) is 38.8 Å². The molecule has 2 aromatic rings. The predicted molar refractivity (Wildman–Crippen MR) is 126 cm³/mol. The molecule has 1 aliphatic carbocycles. The van der Waals surface area contributed by atoms with Gasteiger partial charge in [-0.05, 0) is 90.3 Å². The van der Waals surface area contributed by atoms with Gasteiger partial charge in [0.1, 0.15) is 5.75 Å². The van der Waals surface area contributed by atoms with Crippen molar-refractivity contribution in [3.8, 4) is 5.75 Å². The molecule has 0 bridgehead atoms. The number of hydrogen-bond acceptors (Lipinski definition) is 3. The van der Waals surface area contributed by atoms with Gasteiger partial charge in [0, 0.05) is 12.1 Å². The highest BCUT2D eigenvalue weighted by molar-refractivity contribution is 6.02. The van der Waals surface area contributed by atoms with Crippen LogP contribution in [0.3, 0.4) is 0 Å². The molecule has 1 aliphatic rings. The number of carbonyl (C=O) groups is 1. The molecule has 158 valence electrons. The second-order valence-corrected chi connectivity index (χ2v) is 8.56. The summed E-state index contributed by atoms with van der Waals surface area (Å²) in [5.41, 5.74) is 3.96. The molecule has 2 atom stereocenters. The largest absolute Gasteiger partial charge is 0.494 e. The SMILES string of the molecule is CCCOc1ccc(/C=N/c2ccc(C=C3C(=O)C(C(C)C)CCC3C)cc2)cc1. The minimum atomic E-state index is 0.162. The molecule has 0 saturated heterocycles. The first kappa shape index (κ1) is 22.0. The Hall–Kier alpha value is -2.68. The van der Waals surface area contributed by atoms with Crippen LogP contribution in [0.4, 0.5) is 5.69 Å². The molecular formula is C27H33NO2. The fraction of sp³-hybridized carbons (Fsp3) is 0.407. The van der Waals surface area contributed by atoms with Crippen LogP contribution in [0, 0.1) is 17.8 Å². The number of aliphatic imine (C=N–C) groups is 1. The molecule has 0 radical (unpaired) electrons. The highest BCUT2D eigenvalue weighted by Crippen LogP contribution is 2.35. The zero-order chi connectivity index (χ0) is 21.5. The number of hydrogen-bond donors (Lipinski definition) is 0. The number of Topliss-reactive ketones (excluding diaryl/α,β-unsaturated/α-hetero) is 1. The standard InChI is InChI=1S/C27H33NO2/c1-5-16-30-24-13-9-22(10-14-24)18-28-23-11-7-21(8-12-23)17-26-20(4)6-15-25(19(2)3)27(26)29/h7-14,17-20,25H,5-6,15-16H2,1-4H3/b26-17?,28-18+. The molecule has 1 fully saturated rings. The van der Waals surface area contributed by atoms with Crippen LogP contribution in [0.15, 0.2) is 59.1 Å². The van der Waals surface area contributed by atoms with E-state index < -0.39 is 0 Å². The Kier molecular flexibility index (Phi) is 7.62. The zero-order valence-electron chi connectivity index (χ0n) is 18.6. The van der Waals surface area contributed by atoms with Gasteiger partial charge in [0.25, 0.3) is 0 Å². The lowest BCUT2D eigenvalue weighted by atomic mass is 9.73. The fourth-order valence-electron chi connectivity index (χ4n) is 3.88. The minimum absolute atomic E-state index is 0.162. The number of ketones is 1. The molecule has 0 spiro atoms. The molecule has 0 aliphatic heterocycles. The summed E-state index contributed by atoms with van der Waals surface area (Å²) in [7, 11) is 0. The second kappa shape index (κ2) is 10.4. The first-order valence-electron chi connectivity index (χ1n) is 11.1. The van der Waals surface area contributed by atoms with Crippen LogP contribution in [0.1, 0.15) is 58.1 Å². The Balaban J connectivity index is 1.68. The lowest BCUT2D eigenvalue weighted by Crippen LogP contribution is -2.30. The number of allylic oxidation sites excluding steroid dienone is 1. The van der Waals surface area contributed by atoms with E-state index in [1.54, 1.807) is 0 Å². The average Bonchev–Trinajstić information content (AvgIpc) is 2.75. The van der Waals surface area contributed by atoms with Crippen molar-refractivity contribution in [3.05, 3.63) is 65.2 Å². The molecule has 3 nitrogen and oxygen atoms in total. The molecule has 0 heterocycles. The van der Waals surface area contributed by atoms with Crippen molar-refractivity contribution in [2.75, 3.05) is 6.61 Å². The van der Waals surface area contributed by atoms with Gasteiger partial charge in [-0.2, -0.15) is 0 Å². The van der Waals surface area contributed by atoms with Crippen LogP contribution < -0.4 is 4.74 Å². The molecular weight excluding hydrogens is 370 g/mol. The molecule has 1 saturated carbocycles. The molecule has 0 aromatic heterocycles. The summed E-state index contributed by atoms with van der Waals surface area (Å²) < 4.78 is 5.61. The Morgan fingerprint density at radius 3 is 2.33 bits per heavy atom. The third kappa shape index (κ3) is 5.69. The van der Waals surface area contributed by atoms with Crippen LogP contribution in [0.25, 0.3) is 6.08 Å². The Morgan fingerprint density at radius 1 is 1.03 bits per heavy atom. The van der Waals surface area contributed by atoms with Crippen molar-refractivity contribution < 1.29 is 9.53 Å². The quantitative estimate of drug-likeness (QED) is 0.373. The van der Waals surface area contributed by atoms with Gasteiger partial charge in [0.05, 0.1) is 12.3 Å². The van der Waals surface area contributed by atoms with Gasteiger partial charge in [0.2, 0.25) is 0 Å². The molecule has 2 unspecified atom stereocenters. The van der Waals surface area contributed by atoms with Gasteiger partial charge in [-0.1, -0.05) is 39.8 Å². The van der Waals surface area contributed by atoms with Crippen molar-refractivity contribution in [1.82, 2.24) is 0 Å². The van der Waals surface area contributed by atoms with Gasteiger partial charge >= 0.3 is 0 Å². The first-order chi connectivity index (χ1) is 14.5. The second-order valence-electron chi connectivity index (χ2n) is 8.56. The molecule has 0 N–H and O–H groups in total. The van der Waals surface area contributed by atoms with Crippen LogP contribution in [-0.2, 0) is 4.79 Å². The molecule has 0 amide bonds. The zero-order valence-corrected chi connectivity index (χ0v) is 18.6. The van der Waals surface area contributed by atoms with E-state index in [1.165, 1.54) is 0 Å². The van der Waals surface area contributed by atoms with Crippen LogP contribution in [-0.4, -0.2) is 18.6 Å². The topological polar surface area (TPSA) is 38.7 Å². The van der Waals surface area contributed by atoms with Crippen molar-refractivity contribution in [3.63, 3.8) is 0 Å². The smallest absolute Gasteiger partial charge is 0.162 e. The van der Waals surface area contributed by atoms with E-state index in [0.29, 0.717) is 17.6 Å². The van der Waals surface area contributed by atoms with E-state index in [-0.39, 0.29) is 5.92 Å². The highest BCUT2D eigenvalue weighted by atomic mass is 16.5. The fourth-order valence-corrected chi connectivity index (χ4v) is 3.88. The molecule has 2 aromatic carbocycles. The third-order valence-electron chi connectivity index (χ3n) is 5.80. The normalized spacial score (nSPS) is 21.0. The van der Waals surface area contributed by atoms with Crippen molar-refractivity contribution in [2.45, 2.75) is 47.0 Å². The van der Waals surface area contributed by atoms with E-state index in [1.807, 2.05) is 54.7 Å². The summed E-state index contributed by atoms with van der Waals surface area (Å²) in [6, 6.07) is 16.0. The third-order valence-corrected chi connectivity index (χ3v) is 5.80. The van der Waals surface area contributed by atoms with Gasteiger partial charge < -0.3 is 4.74 Å². The summed E-state index contributed by atoms with van der Waals surface area (Å²) in [6.45, 7) is 9.29. The molecule has 30 heavy (non-hydrogen) atoms. The highest BCUT2D eigenvalue weighted by Gasteiger charge is 2.32. The Morgan fingerprint density at radius 2 is 1.70 bits per heavy atom. The number of ether oxygens (including phenoxy) is 1. The summed E-state index contributed by atoms with van der Waals surface area (Å²) in [5.74, 6) is 2.11. The van der Waals surface area contributed by atoms with Crippen LogP contribution in [0.2, 0.25) is 0 Å². The number of carbonyl (C=O) groups excluding carboxylic acids is 1. The van der Waals surface area contributed by atoms with Gasteiger partial charge in [-0.15, -0.1) is 0 Å². The monoisotopic (exact) mass is 403 g/mol. The van der Waals surface area contributed by atoms with E-state index in [4.69, 9.17) is 4.74 Å². The lowest BCUT2D eigenvalue weighted by molar-refractivity contribution is -0.122. The maximum Gasteiger partial charge on any atom is 0.162 e. The number of benzene rings is 2. The van der Waals surface area contributed by atoms with Gasteiger partial charge in [-0.25, -0.2) is 0 Å².